The maximum Gasteiger partial charge on any atom is 0.410 e. The topological polar surface area (TPSA) is 97.0 Å². The van der Waals surface area contributed by atoms with Gasteiger partial charge in [0.15, 0.2) is 11.5 Å². The monoisotopic (exact) mass is 535 g/mol. The van der Waals surface area contributed by atoms with Gasteiger partial charge in [-0.2, -0.15) is 5.10 Å². The third-order valence-corrected chi connectivity index (χ3v) is 6.60. The van der Waals surface area contributed by atoms with Crippen LogP contribution in [0.3, 0.4) is 0 Å². The molecule has 0 spiro atoms. The van der Waals surface area contributed by atoms with Crippen molar-refractivity contribution in [3.05, 3.63) is 53.9 Å². The van der Waals surface area contributed by atoms with Crippen LogP contribution >= 0.6 is 0 Å². The van der Waals surface area contributed by atoms with E-state index in [4.69, 9.17) is 9.84 Å². The Morgan fingerprint density at radius 2 is 1.79 bits per heavy atom. The summed E-state index contributed by atoms with van der Waals surface area (Å²) in [4.78, 5) is 34.0. The largest absolute Gasteiger partial charge is 0.444 e. The Bertz CT molecular complexity index is 1560. The maximum absolute atomic E-state index is 14.6. The quantitative estimate of drug-likeness (QED) is 0.394. The lowest BCUT2D eigenvalue weighted by Crippen LogP contribution is -2.50. The van der Waals surface area contributed by atoms with Gasteiger partial charge in [0.2, 0.25) is 0 Å². The van der Waals surface area contributed by atoms with Crippen LogP contribution in [-0.2, 0) is 4.74 Å². The van der Waals surface area contributed by atoms with Crippen molar-refractivity contribution in [2.24, 2.45) is 0 Å². The number of benzene rings is 1. The molecule has 1 saturated heterocycles. The molecule has 2 amide bonds. The van der Waals surface area contributed by atoms with E-state index in [0.29, 0.717) is 48.6 Å². The van der Waals surface area contributed by atoms with Gasteiger partial charge in [0, 0.05) is 68.0 Å². The molecule has 0 radical (unpaired) electrons. The van der Waals surface area contributed by atoms with Crippen molar-refractivity contribution in [3.63, 3.8) is 0 Å². The average Bonchev–Trinajstić information content (AvgIpc) is 3.46. The summed E-state index contributed by atoms with van der Waals surface area (Å²) in [6.45, 7) is 13.7. The molecule has 39 heavy (non-hydrogen) atoms. The van der Waals surface area contributed by atoms with Gasteiger partial charge in [0.1, 0.15) is 11.1 Å². The number of aryl methyl sites for hydroxylation is 1. The number of aromatic nitrogens is 4. The normalized spacial score (nSPS) is 14.5. The van der Waals surface area contributed by atoms with E-state index in [1.165, 1.54) is 6.07 Å². The first-order valence-corrected chi connectivity index (χ1v) is 13.1. The second-order valence-electron chi connectivity index (χ2n) is 11.2. The van der Waals surface area contributed by atoms with E-state index in [9.17, 15) is 14.0 Å². The number of rotatable bonds is 4. The molecular formula is C28H34FN7O3. The molecular weight excluding hydrogens is 501 g/mol. The van der Waals surface area contributed by atoms with Crippen LogP contribution in [0.25, 0.3) is 16.6 Å². The first-order chi connectivity index (χ1) is 18.4. The number of halogens is 1. The van der Waals surface area contributed by atoms with E-state index in [2.05, 4.69) is 15.2 Å². The van der Waals surface area contributed by atoms with Crippen molar-refractivity contribution in [2.75, 3.05) is 36.4 Å². The fourth-order valence-corrected chi connectivity index (χ4v) is 4.74. The van der Waals surface area contributed by atoms with E-state index in [0.717, 1.165) is 11.1 Å². The van der Waals surface area contributed by atoms with E-state index >= 15 is 0 Å². The van der Waals surface area contributed by atoms with Crippen LogP contribution in [0.1, 0.15) is 56.7 Å². The van der Waals surface area contributed by atoms with Crippen molar-refractivity contribution >= 4 is 39.9 Å². The molecule has 0 unspecified atom stereocenters. The van der Waals surface area contributed by atoms with Gasteiger partial charge in [-0.15, -0.1) is 0 Å². The second-order valence-corrected chi connectivity index (χ2v) is 11.2. The van der Waals surface area contributed by atoms with Crippen molar-refractivity contribution < 1.29 is 18.7 Å². The molecule has 3 aromatic heterocycles. The summed E-state index contributed by atoms with van der Waals surface area (Å²) in [5, 5.41) is 8.40. The Kier molecular flexibility index (Phi) is 6.69. The highest BCUT2D eigenvalue weighted by Crippen LogP contribution is 2.31. The third kappa shape index (κ3) is 5.39. The van der Waals surface area contributed by atoms with Gasteiger partial charge in [-0.05, 0) is 53.7 Å². The number of amides is 2. The number of nitrogens with one attached hydrogen (secondary N) is 1. The first kappa shape index (κ1) is 26.5. The molecule has 10 nitrogen and oxygen atoms in total. The smallest absolute Gasteiger partial charge is 0.410 e. The number of hydrogen-bond donors (Lipinski definition) is 1. The van der Waals surface area contributed by atoms with Crippen molar-refractivity contribution in [1.29, 1.82) is 0 Å². The van der Waals surface area contributed by atoms with Gasteiger partial charge in [-0.1, -0.05) is 0 Å². The summed E-state index contributed by atoms with van der Waals surface area (Å²) < 4.78 is 23.5. The molecule has 4 aromatic rings. The van der Waals surface area contributed by atoms with Crippen LogP contribution in [0.2, 0.25) is 0 Å². The van der Waals surface area contributed by atoms with Crippen molar-refractivity contribution in [1.82, 2.24) is 24.1 Å². The lowest BCUT2D eigenvalue weighted by atomic mass is 10.1. The number of fused-ring (bicyclic) bond motifs is 2. The van der Waals surface area contributed by atoms with Gasteiger partial charge in [-0.25, -0.2) is 14.2 Å². The highest BCUT2D eigenvalue weighted by Gasteiger charge is 2.28. The Labute approximate surface area is 226 Å². The third-order valence-electron chi connectivity index (χ3n) is 6.60. The zero-order chi connectivity index (χ0) is 28.1. The number of anilines is 2. The molecule has 1 aliphatic rings. The van der Waals surface area contributed by atoms with E-state index < -0.39 is 11.4 Å². The minimum absolute atomic E-state index is 0.0890. The Morgan fingerprint density at radius 3 is 2.46 bits per heavy atom. The second kappa shape index (κ2) is 9.87. The summed E-state index contributed by atoms with van der Waals surface area (Å²) in [6, 6.07) is 5.02. The zero-order valence-corrected chi connectivity index (χ0v) is 23.2. The number of hydrogen-bond acceptors (Lipinski definition) is 6. The van der Waals surface area contributed by atoms with E-state index in [-0.39, 0.29) is 23.7 Å². The molecule has 1 aliphatic heterocycles. The fourth-order valence-electron chi connectivity index (χ4n) is 4.74. The standard InChI is InChI=1S/C28H34FN7O3/c1-17(2)36-16-21-23(33-9-11-34(12-10-33)27(38)39-28(4,5)6)8-7-20(24(21)32-36)26(37)31-19-13-22(29)25-30-18(3)14-35(25)15-19/h7-8,13-17H,9-12H2,1-6H3,(H,31,37). The predicted octanol–water partition coefficient (Wildman–Crippen LogP) is 5.02. The minimum Gasteiger partial charge on any atom is -0.444 e. The first-order valence-electron chi connectivity index (χ1n) is 13.1. The van der Waals surface area contributed by atoms with Crippen molar-refractivity contribution in [3.8, 4) is 0 Å². The Hall–Kier alpha value is -4.15. The van der Waals surface area contributed by atoms with Crippen LogP contribution in [-0.4, -0.2) is 67.8 Å². The number of carbonyl (C=O) groups is 2. The molecule has 5 rings (SSSR count). The number of ether oxygens (including phenoxy) is 1. The Morgan fingerprint density at radius 1 is 1.08 bits per heavy atom. The predicted molar refractivity (Wildman–Crippen MR) is 148 cm³/mol. The van der Waals surface area contributed by atoms with Gasteiger partial charge in [-0.3, -0.25) is 9.48 Å². The Balaban J connectivity index is 1.41. The number of pyridine rings is 1. The van der Waals surface area contributed by atoms with Crippen LogP contribution < -0.4 is 10.2 Å². The summed E-state index contributed by atoms with van der Waals surface area (Å²) in [5.41, 5.74) is 2.56. The molecule has 1 fully saturated rings. The fraction of sp³-hybridized carbons (Fsp3) is 0.429. The molecule has 1 N–H and O–H groups in total. The van der Waals surface area contributed by atoms with Crippen LogP contribution in [0, 0.1) is 12.7 Å². The molecule has 11 heteroatoms. The van der Waals surface area contributed by atoms with Crippen LogP contribution in [0.4, 0.5) is 20.6 Å². The molecule has 1 aromatic carbocycles. The lowest BCUT2D eigenvalue weighted by molar-refractivity contribution is 0.0240. The van der Waals surface area contributed by atoms with E-state index in [1.807, 2.05) is 51.6 Å². The summed E-state index contributed by atoms with van der Waals surface area (Å²) in [5.74, 6) is -0.901. The summed E-state index contributed by atoms with van der Waals surface area (Å²) in [7, 11) is 0. The van der Waals surface area contributed by atoms with Gasteiger partial charge in [0.25, 0.3) is 5.91 Å². The molecule has 4 heterocycles. The zero-order valence-electron chi connectivity index (χ0n) is 23.2. The van der Waals surface area contributed by atoms with Gasteiger partial charge >= 0.3 is 6.09 Å². The van der Waals surface area contributed by atoms with Crippen LogP contribution in [0.5, 0.6) is 0 Å². The lowest BCUT2D eigenvalue weighted by Gasteiger charge is -2.37. The van der Waals surface area contributed by atoms with E-state index in [1.54, 1.807) is 34.7 Å². The van der Waals surface area contributed by atoms with Gasteiger partial charge < -0.3 is 24.3 Å². The summed E-state index contributed by atoms with van der Waals surface area (Å²) >= 11 is 0. The maximum atomic E-state index is 14.6. The SMILES string of the molecule is Cc1cn2cc(NC(=O)c3ccc(N4CCN(C(=O)OC(C)(C)C)CC4)c4cn(C(C)C)nc34)cc(F)c2n1. The van der Waals surface area contributed by atoms with Crippen molar-refractivity contribution in [2.45, 2.75) is 53.2 Å². The molecule has 206 valence electrons. The molecule has 0 aliphatic carbocycles. The highest BCUT2D eigenvalue weighted by atomic mass is 19.1. The highest BCUT2D eigenvalue weighted by molar-refractivity contribution is 6.14. The average molecular weight is 536 g/mol. The van der Waals surface area contributed by atoms with Crippen LogP contribution in [0.15, 0.2) is 36.8 Å². The number of piperazine rings is 1. The molecule has 0 atom stereocenters. The molecule has 0 bridgehead atoms. The van der Waals surface area contributed by atoms with Gasteiger partial charge in [0.05, 0.1) is 16.9 Å². The molecule has 0 saturated carbocycles. The summed E-state index contributed by atoms with van der Waals surface area (Å²) in [6.07, 6.45) is 4.98. The number of imidazole rings is 1. The number of nitrogens with zero attached hydrogens (tertiary/aromatic N) is 6. The number of carbonyl (C=O) groups excluding carboxylic acids is 2. The minimum atomic E-state index is -0.544.